The molecule has 0 radical (unpaired) electrons. The molecule has 0 saturated carbocycles. The second-order valence-electron chi connectivity index (χ2n) is 6.23. The minimum atomic E-state index is -2.83. The van der Waals surface area contributed by atoms with Gasteiger partial charge in [-0.15, -0.1) is 11.3 Å². The Morgan fingerprint density at radius 2 is 1.90 bits per heavy atom. The molecule has 3 rings (SSSR count). The van der Waals surface area contributed by atoms with Gasteiger partial charge in [-0.3, -0.25) is 14.3 Å². The molecule has 0 spiro atoms. The Labute approximate surface area is 165 Å². The molecule has 0 aliphatic carbocycles. The number of pyridine rings is 1. The number of carbonyl (C=O) groups excluding carboxylic acids is 2. The minimum Gasteiger partial charge on any atom is -0.365 e. The summed E-state index contributed by atoms with van der Waals surface area (Å²) in [6, 6.07) is 2.30. The third kappa shape index (κ3) is 4.06. The van der Waals surface area contributed by atoms with E-state index in [1.807, 2.05) is 0 Å². The average Bonchev–Trinajstić information content (AvgIpc) is 3.15. The highest BCUT2D eigenvalue weighted by Gasteiger charge is 2.24. The zero-order chi connectivity index (χ0) is 21.5. The topological polar surface area (TPSA) is 103 Å². The van der Waals surface area contributed by atoms with Crippen LogP contribution in [0.3, 0.4) is 0 Å². The number of rotatable bonds is 6. The van der Waals surface area contributed by atoms with E-state index in [0.717, 1.165) is 28.2 Å². The van der Waals surface area contributed by atoms with Crippen molar-refractivity contribution in [1.82, 2.24) is 14.8 Å². The van der Waals surface area contributed by atoms with Crippen molar-refractivity contribution in [3.63, 3.8) is 0 Å². The maximum absolute atomic E-state index is 13.1. The van der Waals surface area contributed by atoms with Gasteiger partial charge < -0.3 is 11.1 Å². The van der Waals surface area contributed by atoms with Crippen molar-refractivity contribution in [3.05, 3.63) is 39.7 Å². The fourth-order valence-corrected chi connectivity index (χ4v) is 3.96. The van der Waals surface area contributed by atoms with Crippen molar-refractivity contribution >= 4 is 39.1 Å². The SMILES string of the molecule is Cc1cc(C(F)F)n(CC(=O)Nc2c(C(N)=O)sc3nc(C(F)F)cc(C)c23)n1. The lowest BCUT2D eigenvalue weighted by atomic mass is 10.1. The number of thiophene rings is 1. The van der Waals surface area contributed by atoms with Crippen molar-refractivity contribution in [3.8, 4) is 0 Å². The van der Waals surface area contributed by atoms with E-state index in [2.05, 4.69) is 15.4 Å². The van der Waals surface area contributed by atoms with E-state index < -0.39 is 42.6 Å². The highest BCUT2D eigenvalue weighted by Crippen LogP contribution is 2.38. The summed E-state index contributed by atoms with van der Waals surface area (Å²) < 4.78 is 53.0. The molecule has 0 aliphatic rings. The van der Waals surface area contributed by atoms with Gasteiger partial charge in [-0.2, -0.15) is 5.10 Å². The molecule has 7 nitrogen and oxygen atoms in total. The molecule has 3 heterocycles. The van der Waals surface area contributed by atoms with Gasteiger partial charge in [0.25, 0.3) is 18.8 Å². The number of amides is 2. The van der Waals surface area contributed by atoms with Gasteiger partial charge in [-0.25, -0.2) is 22.5 Å². The highest BCUT2D eigenvalue weighted by atomic mass is 32.1. The fraction of sp³-hybridized carbons (Fsp3) is 0.294. The van der Waals surface area contributed by atoms with Gasteiger partial charge in [0.1, 0.15) is 27.6 Å². The van der Waals surface area contributed by atoms with E-state index >= 15 is 0 Å². The summed E-state index contributed by atoms with van der Waals surface area (Å²) in [5, 5.41) is 6.61. The van der Waals surface area contributed by atoms with Crippen LogP contribution in [-0.4, -0.2) is 26.6 Å². The molecule has 3 aromatic heterocycles. The van der Waals surface area contributed by atoms with E-state index in [0.29, 0.717) is 11.3 Å². The Hall–Kier alpha value is -3.02. The molecular weight excluding hydrogens is 414 g/mol. The Morgan fingerprint density at radius 3 is 2.48 bits per heavy atom. The molecule has 29 heavy (non-hydrogen) atoms. The van der Waals surface area contributed by atoms with Crippen LogP contribution in [0.25, 0.3) is 10.2 Å². The molecule has 0 atom stereocenters. The molecule has 0 unspecified atom stereocenters. The maximum atomic E-state index is 13.1. The van der Waals surface area contributed by atoms with Gasteiger partial charge >= 0.3 is 0 Å². The predicted octanol–water partition coefficient (Wildman–Crippen LogP) is 3.72. The van der Waals surface area contributed by atoms with Crippen LogP contribution < -0.4 is 11.1 Å². The van der Waals surface area contributed by atoms with Crippen LogP contribution in [0, 0.1) is 13.8 Å². The molecule has 0 bridgehead atoms. The normalized spacial score (nSPS) is 11.6. The number of primary amides is 1. The molecule has 0 aromatic carbocycles. The number of aromatic nitrogens is 3. The van der Waals surface area contributed by atoms with Crippen LogP contribution in [0.2, 0.25) is 0 Å². The van der Waals surface area contributed by atoms with Crippen LogP contribution in [-0.2, 0) is 11.3 Å². The number of nitrogens with two attached hydrogens (primary N) is 1. The first-order chi connectivity index (χ1) is 13.6. The van der Waals surface area contributed by atoms with Crippen LogP contribution in [0.4, 0.5) is 23.2 Å². The standard InChI is InChI=1S/C17H15F4N5O2S/c1-6-3-8(14(18)19)23-17-11(6)12(13(29-17)16(22)28)24-10(27)5-26-9(15(20)21)4-7(2)25-26/h3-4,14-15H,5H2,1-2H3,(H2,22,28)(H,24,27). The van der Waals surface area contributed by atoms with Gasteiger partial charge in [0, 0.05) is 5.39 Å². The fourth-order valence-electron chi connectivity index (χ4n) is 2.89. The number of halogens is 4. The summed E-state index contributed by atoms with van der Waals surface area (Å²) in [5.41, 5.74) is 5.12. The molecule has 154 valence electrons. The molecule has 2 amide bonds. The van der Waals surface area contributed by atoms with Gasteiger partial charge in [-0.1, -0.05) is 0 Å². The monoisotopic (exact) mass is 429 g/mol. The zero-order valence-electron chi connectivity index (χ0n) is 15.2. The molecule has 3 N–H and O–H groups in total. The van der Waals surface area contributed by atoms with E-state index in [1.54, 1.807) is 0 Å². The first kappa shape index (κ1) is 20.7. The maximum Gasteiger partial charge on any atom is 0.280 e. The van der Waals surface area contributed by atoms with Crippen LogP contribution in [0.1, 0.15) is 45.2 Å². The second kappa shape index (κ2) is 7.78. The first-order valence-electron chi connectivity index (χ1n) is 8.22. The number of hydrogen-bond acceptors (Lipinski definition) is 5. The predicted molar refractivity (Wildman–Crippen MR) is 98.4 cm³/mol. The smallest absolute Gasteiger partial charge is 0.280 e. The minimum absolute atomic E-state index is 0.00999. The summed E-state index contributed by atoms with van der Waals surface area (Å²) >= 11 is 0.762. The molecule has 0 fully saturated rings. The molecular formula is C17H15F4N5O2S. The Morgan fingerprint density at radius 1 is 1.21 bits per heavy atom. The van der Waals surface area contributed by atoms with Gasteiger partial charge in [-0.05, 0) is 31.5 Å². The lowest BCUT2D eigenvalue weighted by molar-refractivity contribution is -0.117. The summed E-state index contributed by atoms with van der Waals surface area (Å²) in [7, 11) is 0. The second-order valence-corrected chi connectivity index (χ2v) is 7.23. The largest absolute Gasteiger partial charge is 0.365 e. The Kier molecular flexibility index (Phi) is 5.55. The number of anilines is 1. The van der Waals surface area contributed by atoms with Gasteiger partial charge in [0.15, 0.2) is 0 Å². The zero-order valence-corrected chi connectivity index (χ0v) is 16.0. The van der Waals surface area contributed by atoms with Gasteiger partial charge in [0.05, 0.1) is 11.4 Å². The van der Waals surface area contributed by atoms with Crippen molar-refractivity contribution in [2.75, 3.05) is 5.32 Å². The number of aryl methyl sites for hydroxylation is 2. The van der Waals surface area contributed by atoms with Crippen molar-refractivity contribution in [1.29, 1.82) is 0 Å². The first-order valence-corrected chi connectivity index (χ1v) is 9.04. The summed E-state index contributed by atoms with van der Waals surface area (Å²) in [6.07, 6.45) is -5.64. The third-order valence-electron chi connectivity index (χ3n) is 4.04. The summed E-state index contributed by atoms with van der Waals surface area (Å²) in [4.78, 5) is 28.1. The van der Waals surface area contributed by atoms with Crippen LogP contribution in [0.15, 0.2) is 12.1 Å². The Bertz CT molecular complexity index is 1110. The number of hydrogen-bond donors (Lipinski definition) is 2. The molecule has 3 aromatic rings. The highest BCUT2D eigenvalue weighted by molar-refractivity contribution is 7.21. The number of nitrogens with one attached hydrogen (secondary N) is 1. The molecule has 0 saturated heterocycles. The number of alkyl halides is 4. The molecule has 12 heteroatoms. The van der Waals surface area contributed by atoms with E-state index in [4.69, 9.17) is 5.73 Å². The lowest BCUT2D eigenvalue weighted by Crippen LogP contribution is -2.22. The van der Waals surface area contributed by atoms with Crippen LogP contribution >= 0.6 is 11.3 Å². The average molecular weight is 429 g/mol. The quantitative estimate of drug-likeness (QED) is 0.583. The lowest BCUT2D eigenvalue weighted by Gasteiger charge is -2.10. The Balaban J connectivity index is 2.00. The molecule has 0 aliphatic heterocycles. The summed E-state index contributed by atoms with van der Waals surface area (Å²) in [6.45, 7) is 2.49. The van der Waals surface area contributed by atoms with Crippen molar-refractivity contribution in [2.24, 2.45) is 5.73 Å². The van der Waals surface area contributed by atoms with Gasteiger partial charge in [0.2, 0.25) is 5.91 Å². The van der Waals surface area contributed by atoms with E-state index in [1.165, 1.54) is 13.8 Å². The number of nitrogens with zero attached hydrogens (tertiary/aromatic N) is 3. The van der Waals surface area contributed by atoms with Crippen molar-refractivity contribution in [2.45, 2.75) is 33.2 Å². The summed E-state index contributed by atoms with van der Waals surface area (Å²) in [5.74, 6) is -1.63. The number of fused-ring (bicyclic) bond motifs is 1. The third-order valence-corrected chi connectivity index (χ3v) is 5.14. The van der Waals surface area contributed by atoms with E-state index in [9.17, 15) is 27.2 Å². The van der Waals surface area contributed by atoms with Crippen LogP contribution in [0.5, 0.6) is 0 Å². The van der Waals surface area contributed by atoms with Crippen molar-refractivity contribution < 1.29 is 27.2 Å². The van der Waals surface area contributed by atoms with E-state index in [-0.39, 0.29) is 20.8 Å². The number of carbonyl (C=O) groups is 2.